The average molecular weight is 531 g/mol. The molecule has 1 saturated heterocycles. The number of rotatable bonds is 14. The molecule has 0 radical (unpaired) electrons. The Bertz CT molecular complexity index is 1110. The number of cyclic esters (lactones) is 1. The molecule has 1 unspecified atom stereocenters. The zero-order valence-corrected chi connectivity index (χ0v) is 22.6. The SMILES string of the molecule is CCCCCCCCCCCCOC(=O)c1ccc(Cl)c(N2C(=O)OC(c3nnc(C)nc3C)C2=O)c1. The molecule has 0 N–H and O–H groups in total. The molecular formula is C27H35ClN4O5. The number of nitrogens with zero attached hydrogens (tertiary/aromatic N) is 4. The molecule has 0 saturated carbocycles. The van der Waals surface area contributed by atoms with E-state index in [9.17, 15) is 14.4 Å². The van der Waals surface area contributed by atoms with Crippen molar-refractivity contribution in [2.45, 2.75) is 91.1 Å². The number of carbonyl (C=O) groups is 3. The number of halogens is 1. The number of unbranched alkanes of at least 4 members (excludes halogenated alkanes) is 9. The highest BCUT2D eigenvalue weighted by Crippen LogP contribution is 2.36. The maximum atomic E-state index is 13.1. The smallest absolute Gasteiger partial charge is 0.422 e. The van der Waals surface area contributed by atoms with Crippen molar-refractivity contribution in [2.75, 3.05) is 11.5 Å². The van der Waals surface area contributed by atoms with Crippen LogP contribution in [0, 0.1) is 13.8 Å². The highest BCUT2D eigenvalue weighted by molar-refractivity contribution is 6.35. The van der Waals surface area contributed by atoms with Gasteiger partial charge in [0.2, 0.25) is 6.10 Å². The van der Waals surface area contributed by atoms with E-state index in [0.717, 1.165) is 24.2 Å². The first-order chi connectivity index (χ1) is 17.8. The molecule has 1 fully saturated rings. The number of benzene rings is 1. The molecule has 0 spiro atoms. The first-order valence-electron chi connectivity index (χ1n) is 13.0. The highest BCUT2D eigenvalue weighted by Gasteiger charge is 2.45. The third-order valence-corrected chi connectivity index (χ3v) is 6.57. The summed E-state index contributed by atoms with van der Waals surface area (Å²) in [4.78, 5) is 43.3. The Morgan fingerprint density at radius 2 is 1.65 bits per heavy atom. The van der Waals surface area contributed by atoms with E-state index in [1.54, 1.807) is 13.8 Å². The van der Waals surface area contributed by atoms with Crippen LogP contribution in [0.4, 0.5) is 10.5 Å². The van der Waals surface area contributed by atoms with Crippen molar-refractivity contribution < 1.29 is 23.9 Å². The Morgan fingerprint density at radius 3 is 2.30 bits per heavy atom. The molecule has 0 aliphatic carbocycles. The number of anilines is 1. The molecule has 2 aromatic rings. The zero-order chi connectivity index (χ0) is 26.8. The minimum atomic E-state index is -1.30. The van der Waals surface area contributed by atoms with Crippen LogP contribution in [-0.4, -0.2) is 39.8 Å². The van der Waals surface area contributed by atoms with E-state index in [1.165, 1.54) is 63.1 Å². The van der Waals surface area contributed by atoms with Crippen LogP contribution in [0.1, 0.15) is 105 Å². The lowest BCUT2D eigenvalue weighted by molar-refractivity contribution is -0.122. The van der Waals surface area contributed by atoms with Crippen molar-refractivity contribution in [1.82, 2.24) is 15.2 Å². The predicted molar refractivity (Wildman–Crippen MR) is 140 cm³/mol. The van der Waals surface area contributed by atoms with Crippen molar-refractivity contribution in [3.63, 3.8) is 0 Å². The van der Waals surface area contributed by atoms with Gasteiger partial charge in [0, 0.05) is 0 Å². The molecule has 200 valence electrons. The summed E-state index contributed by atoms with van der Waals surface area (Å²) >= 11 is 6.29. The first-order valence-corrected chi connectivity index (χ1v) is 13.4. The van der Waals surface area contributed by atoms with Gasteiger partial charge in [0.1, 0.15) is 11.5 Å². The topological polar surface area (TPSA) is 112 Å². The molecule has 1 atom stereocenters. The van der Waals surface area contributed by atoms with Gasteiger partial charge in [-0.1, -0.05) is 76.3 Å². The lowest BCUT2D eigenvalue weighted by atomic mass is 10.1. The van der Waals surface area contributed by atoms with Crippen LogP contribution < -0.4 is 4.90 Å². The van der Waals surface area contributed by atoms with Crippen LogP contribution >= 0.6 is 11.6 Å². The number of carbonyl (C=O) groups excluding carboxylic acids is 3. The van der Waals surface area contributed by atoms with Gasteiger partial charge in [0.25, 0.3) is 5.91 Å². The van der Waals surface area contributed by atoms with E-state index in [0.29, 0.717) is 18.1 Å². The van der Waals surface area contributed by atoms with Crippen molar-refractivity contribution in [3.05, 3.63) is 46.0 Å². The molecule has 9 nitrogen and oxygen atoms in total. The maximum Gasteiger partial charge on any atom is 0.422 e. The Morgan fingerprint density at radius 1 is 1.00 bits per heavy atom. The summed E-state index contributed by atoms with van der Waals surface area (Å²) in [5, 5.41) is 7.95. The van der Waals surface area contributed by atoms with Gasteiger partial charge in [-0.3, -0.25) is 4.79 Å². The zero-order valence-electron chi connectivity index (χ0n) is 21.8. The van der Waals surface area contributed by atoms with Gasteiger partial charge in [0.05, 0.1) is 28.6 Å². The second kappa shape index (κ2) is 14.0. The Hall–Kier alpha value is -3.07. The van der Waals surface area contributed by atoms with E-state index < -0.39 is 24.1 Å². The third kappa shape index (κ3) is 7.71. The fraction of sp³-hybridized carbons (Fsp3) is 0.556. The van der Waals surface area contributed by atoms with Crippen LogP contribution in [0.2, 0.25) is 5.02 Å². The summed E-state index contributed by atoms with van der Waals surface area (Å²) in [6.07, 6.45) is 9.65. The molecule has 0 bridgehead atoms. The first kappa shape index (κ1) is 28.5. The number of amides is 2. The van der Waals surface area contributed by atoms with Crippen LogP contribution in [0.5, 0.6) is 0 Å². The number of imide groups is 1. The summed E-state index contributed by atoms with van der Waals surface area (Å²) in [6.45, 7) is 5.84. The van der Waals surface area contributed by atoms with E-state index in [4.69, 9.17) is 21.1 Å². The van der Waals surface area contributed by atoms with Crippen LogP contribution in [-0.2, 0) is 14.3 Å². The van der Waals surface area contributed by atoms with Crippen molar-refractivity contribution >= 4 is 35.3 Å². The average Bonchev–Trinajstić information content (AvgIpc) is 3.16. The summed E-state index contributed by atoms with van der Waals surface area (Å²) in [5.74, 6) is -0.803. The number of aryl methyl sites for hydroxylation is 2. The molecule has 10 heteroatoms. The largest absolute Gasteiger partial charge is 0.462 e. The summed E-state index contributed by atoms with van der Waals surface area (Å²) < 4.78 is 10.7. The standard InChI is InChI=1S/C27H35ClN4O5/c1-4-5-6-7-8-9-10-11-12-13-16-36-26(34)20-14-15-21(28)22(17-20)32-25(33)24(37-27(32)35)23-18(2)29-19(3)30-31-23/h14-15,17,24H,4-13,16H2,1-3H3. The second-order valence-electron chi connectivity index (χ2n) is 9.25. The van der Waals surface area contributed by atoms with E-state index in [-0.39, 0.29) is 22.0 Å². The van der Waals surface area contributed by atoms with Crippen LogP contribution in [0.15, 0.2) is 18.2 Å². The highest BCUT2D eigenvalue weighted by atomic mass is 35.5. The van der Waals surface area contributed by atoms with Gasteiger partial charge in [-0.15, -0.1) is 10.2 Å². The fourth-order valence-corrected chi connectivity index (χ4v) is 4.41. The van der Waals surface area contributed by atoms with E-state index in [1.807, 2.05) is 0 Å². The minimum absolute atomic E-state index is 0.0400. The van der Waals surface area contributed by atoms with Gasteiger partial charge in [-0.25, -0.2) is 19.5 Å². The predicted octanol–water partition coefficient (Wildman–Crippen LogP) is 6.44. The summed E-state index contributed by atoms with van der Waals surface area (Å²) in [7, 11) is 0. The van der Waals surface area contributed by atoms with Crippen molar-refractivity contribution in [3.8, 4) is 0 Å². The van der Waals surface area contributed by atoms with Gasteiger partial charge in [0.15, 0.2) is 0 Å². The molecule has 1 aromatic heterocycles. The Balaban J connectivity index is 1.52. The Kier molecular flexibility index (Phi) is 10.8. The Labute approximate surface area is 222 Å². The normalized spacial score (nSPS) is 15.2. The molecule has 2 amide bonds. The monoisotopic (exact) mass is 530 g/mol. The molecule has 1 aliphatic rings. The van der Waals surface area contributed by atoms with Gasteiger partial charge < -0.3 is 9.47 Å². The van der Waals surface area contributed by atoms with Crippen molar-refractivity contribution in [1.29, 1.82) is 0 Å². The molecule has 37 heavy (non-hydrogen) atoms. The van der Waals surface area contributed by atoms with Crippen LogP contribution in [0.3, 0.4) is 0 Å². The van der Waals surface area contributed by atoms with E-state index in [2.05, 4.69) is 22.1 Å². The fourth-order valence-electron chi connectivity index (χ4n) is 4.21. The molecular weight excluding hydrogens is 496 g/mol. The van der Waals surface area contributed by atoms with Crippen molar-refractivity contribution in [2.24, 2.45) is 0 Å². The maximum absolute atomic E-state index is 13.1. The number of esters is 1. The van der Waals surface area contributed by atoms with E-state index >= 15 is 0 Å². The molecule has 1 aliphatic heterocycles. The van der Waals surface area contributed by atoms with Crippen LogP contribution in [0.25, 0.3) is 0 Å². The number of hydrogen-bond acceptors (Lipinski definition) is 8. The molecule has 1 aromatic carbocycles. The molecule has 3 rings (SSSR count). The second-order valence-corrected chi connectivity index (χ2v) is 9.66. The number of hydrogen-bond donors (Lipinski definition) is 0. The molecule has 2 heterocycles. The summed E-state index contributed by atoms with van der Waals surface area (Å²) in [5.41, 5.74) is 0.798. The van der Waals surface area contributed by atoms with Gasteiger partial charge in [-0.05, 0) is 38.5 Å². The minimum Gasteiger partial charge on any atom is -0.462 e. The van der Waals surface area contributed by atoms with Gasteiger partial charge >= 0.3 is 12.1 Å². The van der Waals surface area contributed by atoms with Gasteiger partial charge in [-0.2, -0.15) is 0 Å². The third-order valence-electron chi connectivity index (χ3n) is 6.25. The number of aromatic nitrogens is 3. The summed E-state index contributed by atoms with van der Waals surface area (Å²) in [6, 6.07) is 4.30. The lowest BCUT2D eigenvalue weighted by Gasteiger charge is -2.14. The number of ether oxygens (including phenoxy) is 2. The lowest BCUT2D eigenvalue weighted by Crippen LogP contribution is -2.30. The quantitative estimate of drug-likeness (QED) is 0.202.